The van der Waals surface area contributed by atoms with E-state index in [-0.39, 0.29) is 0 Å². The normalized spacial score (nSPS) is 17.4. The van der Waals surface area contributed by atoms with Crippen LogP contribution in [-0.4, -0.2) is 10.1 Å². The second kappa shape index (κ2) is 5.21. The quantitative estimate of drug-likeness (QED) is 0.908. The van der Waals surface area contributed by atoms with Crippen LogP contribution in [0.3, 0.4) is 0 Å². The third-order valence-electron chi connectivity index (χ3n) is 3.61. The van der Waals surface area contributed by atoms with Crippen molar-refractivity contribution in [1.29, 1.82) is 0 Å². The highest BCUT2D eigenvalue weighted by Crippen LogP contribution is 2.38. The van der Waals surface area contributed by atoms with Crippen LogP contribution in [0.15, 0.2) is 35.7 Å². The Labute approximate surface area is 111 Å². The van der Waals surface area contributed by atoms with Gasteiger partial charge >= 0.3 is 0 Å². The first-order chi connectivity index (χ1) is 8.83. The minimum atomic E-state index is -0.442. The van der Waals surface area contributed by atoms with E-state index in [9.17, 15) is 5.11 Å². The Bertz CT molecular complexity index is 504. The standard InChI is InChI=1S/C15H17NOS/c17-14(11-5-2-1-3-6-11)9-13-10-18-15(16-13)12-7-4-8-12/h1-3,5-6,10,12,14,17H,4,7-9H2. The lowest BCUT2D eigenvalue weighted by atomic mass is 9.86. The van der Waals surface area contributed by atoms with E-state index < -0.39 is 6.10 Å². The summed E-state index contributed by atoms with van der Waals surface area (Å²) in [5, 5.41) is 13.5. The number of nitrogens with zero attached hydrogens (tertiary/aromatic N) is 1. The average Bonchev–Trinajstić information content (AvgIpc) is 2.76. The molecule has 2 aromatic rings. The smallest absolute Gasteiger partial charge is 0.0959 e. The van der Waals surface area contributed by atoms with Gasteiger partial charge in [-0.15, -0.1) is 11.3 Å². The van der Waals surface area contributed by atoms with Crippen molar-refractivity contribution in [2.45, 2.75) is 37.7 Å². The summed E-state index contributed by atoms with van der Waals surface area (Å²) in [4.78, 5) is 4.66. The van der Waals surface area contributed by atoms with Crippen molar-refractivity contribution in [3.8, 4) is 0 Å². The molecule has 94 valence electrons. The van der Waals surface area contributed by atoms with Crippen LogP contribution in [-0.2, 0) is 6.42 Å². The molecule has 1 aliphatic carbocycles. The van der Waals surface area contributed by atoms with Crippen molar-refractivity contribution >= 4 is 11.3 Å². The van der Waals surface area contributed by atoms with Crippen molar-refractivity contribution < 1.29 is 5.11 Å². The van der Waals surface area contributed by atoms with Crippen molar-refractivity contribution in [3.63, 3.8) is 0 Å². The molecule has 0 aliphatic heterocycles. The molecule has 1 heterocycles. The molecular weight excluding hydrogens is 242 g/mol. The van der Waals surface area contributed by atoms with Crippen molar-refractivity contribution in [2.75, 3.05) is 0 Å². The summed E-state index contributed by atoms with van der Waals surface area (Å²) >= 11 is 1.75. The molecule has 0 saturated heterocycles. The van der Waals surface area contributed by atoms with Crippen LogP contribution in [0.25, 0.3) is 0 Å². The van der Waals surface area contributed by atoms with Crippen LogP contribution in [0, 0.1) is 0 Å². The molecule has 1 fully saturated rings. The lowest BCUT2D eigenvalue weighted by Gasteiger charge is -2.22. The summed E-state index contributed by atoms with van der Waals surface area (Å²) in [7, 11) is 0. The Morgan fingerprint density at radius 1 is 1.28 bits per heavy atom. The number of rotatable bonds is 4. The van der Waals surface area contributed by atoms with Gasteiger partial charge < -0.3 is 5.11 Å². The summed E-state index contributed by atoms with van der Waals surface area (Å²) in [6.07, 6.45) is 4.09. The summed E-state index contributed by atoms with van der Waals surface area (Å²) in [6, 6.07) is 9.81. The number of hydrogen-bond donors (Lipinski definition) is 1. The molecule has 0 radical (unpaired) electrons. The Morgan fingerprint density at radius 3 is 2.72 bits per heavy atom. The zero-order valence-corrected chi connectivity index (χ0v) is 11.1. The van der Waals surface area contributed by atoms with Gasteiger partial charge in [0.1, 0.15) is 0 Å². The van der Waals surface area contributed by atoms with E-state index >= 15 is 0 Å². The van der Waals surface area contributed by atoms with Crippen LogP contribution in [0.5, 0.6) is 0 Å². The van der Waals surface area contributed by atoms with Crippen LogP contribution in [0.1, 0.15) is 47.5 Å². The molecule has 3 heteroatoms. The maximum Gasteiger partial charge on any atom is 0.0959 e. The predicted molar refractivity (Wildman–Crippen MR) is 73.8 cm³/mol. The molecule has 2 nitrogen and oxygen atoms in total. The lowest BCUT2D eigenvalue weighted by molar-refractivity contribution is 0.177. The molecule has 0 bridgehead atoms. The van der Waals surface area contributed by atoms with Gasteiger partial charge in [-0.05, 0) is 18.4 Å². The van der Waals surface area contributed by atoms with Gasteiger partial charge in [0.2, 0.25) is 0 Å². The topological polar surface area (TPSA) is 33.1 Å². The highest BCUT2D eigenvalue weighted by molar-refractivity contribution is 7.09. The molecule has 1 N–H and O–H groups in total. The van der Waals surface area contributed by atoms with Gasteiger partial charge in [-0.3, -0.25) is 0 Å². The largest absolute Gasteiger partial charge is 0.388 e. The van der Waals surface area contributed by atoms with E-state index in [0.717, 1.165) is 11.3 Å². The van der Waals surface area contributed by atoms with Gasteiger partial charge in [-0.1, -0.05) is 36.8 Å². The molecule has 1 aromatic heterocycles. The molecule has 1 aliphatic rings. The van der Waals surface area contributed by atoms with Crippen LogP contribution < -0.4 is 0 Å². The van der Waals surface area contributed by atoms with E-state index in [2.05, 4.69) is 10.4 Å². The van der Waals surface area contributed by atoms with Crippen LogP contribution in [0.4, 0.5) is 0 Å². The third-order valence-corrected chi connectivity index (χ3v) is 4.67. The molecule has 0 amide bonds. The van der Waals surface area contributed by atoms with Gasteiger partial charge in [-0.2, -0.15) is 0 Å². The number of aliphatic hydroxyl groups is 1. The Hall–Kier alpha value is -1.19. The van der Waals surface area contributed by atoms with E-state index in [1.165, 1.54) is 24.3 Å². The predicted octanol–water partition coefficient (Wildman–Crippen LogP) is 3.69. The maximum absolute atomic E-state index is 10.2. The number of aliphatic hydroxyl groups excluding tert-OH is 1. The van der Waals surface area contributed by atoms with Crippen molar-refractivity contribution in [1.82, 2.24) is 4.98 Å². The summed E-state index contributed by atoms with van der Waals surface area (Å²) in [6.45, 7) is 0. The average molecular weight is 259 g/mol. The minimum Gasteiger partial charge on any atom is -0.388 e. The molecule has 1 unspecified atom stereocenters. The Morgan fingerprint density at radius 2 is 2.06 bits per heavy atom. The van der Waals surface area contributed by atoms with Gasteiger partial charge in [-0.25, -0.2) is 4.98 Å². The van der Waals surface area contributed by atoms with E-state index in [1.54, 1.807) is 11.3 Å². The van der Waals surface area contributed by atoms with Crippen LogP contribution >= 0.6 is 11.3 Å². The molecular formula is C15H17NOS. The SMILES string of the molecule is OC(Cc1csc(C2CCC2)n1)c1ccccc1. The summed E-state index contributed by atoms with van der Waals surface area (Å²) in [5.74, 6) is 0.692. The monoisotopic (exact) mass is 259 g/mol. The number of benzene rings is 1. The van der Waals surface area contributed by atoms with Gasteiger partial charge in [0.15, 0.2) is 0 Å². The molecule has 0 spiro atoms. The second-order valence-corrected chi connectivity index (χ2v) is 5.83. The number of aromatic nitrogens is 1. The molecule has 1 saturated carbocycles. The zero-order chi connectivity index (χ0) is 12.4. The van der Waals surface area contributed by atoms with E-state index in [0.29, 0.717) is 12.3 Å². The van der Waals surface area contributed by atoms with Gasteiger partial charge in [0, 0.05) is 17.7 Å². The Kier molecular flexibility index (Phi) is 3.43. The highest BCUT2D eigenvalue weighted by Gasteiger charge is 2.22. The maximum atomic E-state index is 10.2. The first-order valence-electron chi connectivity index (χ1n) is 6.50. The molecule has 1 atom stereocenters. The van der Waals surface area contributed by atoms with Gasteiger partial charge in [0.25, 0.3) is 0 Å². The summed E-state index contributed by atoms with van der Waals surface area (Å²) < 4.78 is 0. The zero-order valence-electron chi connectivity index (χ0n) is 10.2. The van der Waals surface area contributed by atoms with Gasteiger partial charge in [0.05, 0.1) is 16.8 Å². The molecule has 18 heavy (non-hydrogen) atoms. The van der Waals surface area contributed by atoms with Crippen molar-refractivity contribution in [3.05, 3.63) is 52.0 Å². The fraction of sp³-hybridized carbons (Fsp3) is 0.400. The molecule has 3 rings (SSSR count). The van der Waals surface area contributed by atoms with E-state index in [4.69, 9.17) is 0 Å². The lowest BCUT2D eigenvalue weighted by Crippen LogP contribution is -2.08. The third kappa shape index (κ3) is 2.47. The van der Waals surface area contributed by atoms with Crippen LogP contribution in [0.2, 0.25) is 0 Å². The van der Waals surface area contributed by atoms with E-state index in [1.807, 2.05) is 30.3 Å². The van der Waals surface area contributed by atoms with Crippen molar-refractivity contribution in [2.24, 2.45) is 0 Å². The second-order valence-electron chi connectivity index (χ2n) is 4.94. The first kappa shape index (κ1) is 11.9. The number of hydrogen-bond acceptors (Lipinski definition) is 3. The minimum absolute atomic E-state index is 0.442. The molecule has 1 aromatic carbocycles. The fourth-order valence-electron chi connectivity index (χ4n) is 2.25. The summed E-state index contributed by atoms with van der Waals surface area (Å²) in [5.41, 5.74) is 1.99. The number of thiazole rings is 1. The Balaban J connectivity index is 1.67. The highest BCUT2D eigenvalue weighted by atomic mass is 32.1. The first-order valence-corrected chi connectivity index (χ1v) is 7.38. The fourth-order valence-corrected chi connectivity index (χ4v) is 3.25.